The van der Waals surface area contributed by atoms with E-state index in [1.165, 1.54) is 19.3 Å². The number of amides is 1. The van der Waals surface area contributed by atoms with Crippen LogP contribution in [0.5, 0.6) is 5.75 Å². The first kappa shape index (κ1) is 21.4. The highest BCUT2D eigenvalue weighted by Crippen LogP contribution is 2.31. The summed E-state index contributed by atoms with van der Waals surface area (Å²) < 4.78 is 5.46. The zero-order valence-corrected chi connectivity index (χ0v) is 18.4. The third kappa shape index (κ3) is 5.46. The Kier molecular flexibility index (Phi) is 6.89. The van der Waals surface area contributed by atoms with Crippen LogP contribution in [-0.2, 0) is 4.79 Å². The summed E-state index contributed by atoms with van der Waals surface area (Å²) in [6.45, 7) is 1.90. The number of hydrogen-bond acceptors (Lipinski definition) is 5. The number of carbonyl (C=O) groups excluding carboxylic acids is 1. The van der Waals surface area contributed by atoms with Crippen LogP contribution in [0.1, 0.15) is 19.3 Å². The van der Waals surface area contributed by atoms with Crippen LogP contribution in [0.4, 0.5) is 11.5 Å². The topological polar surface area (TPSA) is 67.3 Å². The van der Waals surface area contributed by atoms with Crippen molar-refractivity contribution in [3.8, 4) is 17.0 Å². The number of benzene rings is 2. The van der Waals surface area contributed by atoms with E-state index in [4.69, 9.17) is 27.9 Å². The molecular formula is C23H22Cl2N4O2. The molecule has 4 rings (SSSR count). The number of halogens is 2. The van der Waals surface area contributed by atoms with E-state index < -0.39 is 0 Å². The Morgan fingerprint density at radius 3 is 2.45 bits per heavy atom. The normalized spacial score (nSPS) is 13.7. The Hall–Kier alpha value is -2.83. The van der Waals surface area contributed by atoms with E-state index in [-0.39, 0.29) is 17.5 Å². The number of ether oxygens (including phenoxy) is 1. The predicted octanol–water partition coefficient (Wildman–Crippen LogP) is 5.46. The number of hydrogen-bond donors (Lipinski definition) is 1. The molecule has 1 aromatic heterocycles. The first-order valence-corrected chi connectivity index (χ1v) is 10.9. The highest BCUT2D eigenvalue weighted by molar-refractivity contribution is 6.42. The second kappa shape index (κ2) is 9.98. The lowest BCUT2D eigenvalue weighted by Gasteiger charge is -2.27. The fourth-order valence-corrected chi connectivity index (χ4v) is 3.78. The van der Waals surface area contributed by atoms with Gasteiger partial charge < -0.3 is 15.0 Å². The van der Waals surface area contributed by atoms with Crippen molar-refractivity contribution in [3.05, 3.63) is 64.6 Å². The second-order valence-corrected chi connectivity index (χ2v) is 8.08. The van der Waals surface area contributed by atoms with Gasteiger partial charge >= 0.3 is 0 Å². The Morgan fingerprint density at radius 2 is 1.74 bits per heavy atom. The molecule has 1 fully saturated rings. The summed E-state index contributed by atoms with van der Waals surface area (Å²) in [5, 5.41) is 12.2. The van der Waals surface area contributed by atoms with Crippen molar-refractivity contribution in [2.24, 2.45) is 0 Å². The van der Waals surface area contributed by atoms with E-state index in [0.717, 1.165) is 30.2 Å². The third-order valence-electron chi connectivity index (χ3n) is 5.07. The van der Waals surface area contributed by atoms with Crippen LogP contribution in [0.3, 0.4) is 0 Å². The summed E-state index contributed by atoms with van der Waals surface area (Å²) in [5.41, 5.74) is 2.38. The molecule has 0 spiro atoms. The lowest BCUT2D eigenvalue weighted by Crippen LogP contribution is -2.30. The molecule has 6 nitrogen and oxygen atoms in total. The minimum Gasteiger partial charge on any atom is -0.482 e. The van der Waals surface area contributed by atoms with E-state index >= 15 is 0 Å². The van der Waals surface area contributed by atoms with Gasteiger partial charge in [0.2, 0.25) is 0 Å². The lowest BCUT2D eigenvalue weighted by molar-refractivity contribution is -0.118. The van der Waals surface area contributed by atoms with Gasteiger partial charge in [-0.1, -0.05) is 41.4 Å². The van der Waals surface area contributed by atoms with Crippen LogP contribution in [0.2, 0.25) is 10.0 Å². The molecule has 0 bridgehead atoms. The molecule has 2 heterocycles. The highest BCUT2D eigenvalue weighted by atomic mass is 35.5. The van der Waals surface area contributed by atoms with Crippen molar-refractivity contribution in [2.45, 2.75) is 19.3 Å². The minimum absolute atomic E-state index is 0.175. The molecule has 0 saturated carbocycles. The molecule has 1 amide bonds. The zero-order valence-electron chi connectivity index (χ0n) is 16.9. The molecular weight excluding hydrogens is 435 g/mol. The highest BCUT2D eigenvalue weighted by Gasteiger charge is 2.13. The Balaban J connectivity index is 1.33. The van der Waals surface area contributed by atoms with Crippen molar-refractivity contribution in [1.82, 2.24) is 10.2 Å². The lowest BCUT2D eigenvalue weighted by atomic mass is 10.1. The van der Waals surface area contributed by atoms with Crippen LogP contribution in [0.15, 0.2) is 54.6 Å². The van der Waals surface area contributed by atoms with Gasteiger partial charge in [-0.25, -0.2) is 0 Å². The number of rotatable bonds is 6. The van der Waals surface area contributed by atoms with Gasteiger partial charge in [-0.3, -0.25) is 4.79 Å². The van der Waals surface area contributed by atoms with Crippen molar-refractivity contribution in [1.29, 1.82) is 0 Å². The van der Waals surface area contributed by atoms with Crippen molar-refractivity contribution in [2.75, 3.05) is 29.9 Å². The number of nitrogens with zero attached hydrogens (tertiary/aromatic N) is 3. The average Bonchev–Trinajstić information content (AvgIpc) is 2.81. The minimum atomic E-state index is -0.297. The van der Waals surface area contributed by atoms with Gasteiger partial charge in [0.1, 0.15) is 10.8 Å². The monoisotopic (exact) mass is 456 g/mol. The molecule has 160 valence electrons. The molecule has 0 unspecified atom stereocenters. The van der Waals surface area contributed by atoms with Gasteiger partial charge in [-0.15, -0.1) is 10.2 Å². The molecule has 8 heteroatoms. The molecule has 0 aliphatic carbocycles. The van der Waals surface area contributed by atoms with E-state index in [1.54, 1.807) is 18.2 Å². The van der Waals surface area contributed by atoms with Gasteiger partial charge in [0.05, 0.1) is 10.7 Å². The summed E-state index contributed by atoms with van der Waals surface area (Å²) in [7, 11) is 0. The van der Waals surface area contributed by atoms with Gasteiger partial charge in [-0.2, -0.15) is 0 Å². The van der Waals surface area contributed by atoms with Gasteiger partial charge in [0, 0.05) is 24.3 Å². The molecule has 0 radical (unpaired) electrons. The summed E-state index contributed by atoms with van der Waals surface area (Å²) in [4.78, 5) is 14.5. The number of anilines is 2. The van der Waals surface area contributed by atoms with Crippen molar-refractivity contribution in [3.63, 3.8) is 0 Å². The largest absolute Gasteiger partial charge is 0.482 e. The maximum Gasteiger partial charge on any atom is 0.262 e. The quantitative estimate of drug-likeness (QED) is 0.533. The molecule has 2 aromatic carbocycles. The average molecular weight is 457 g/mol. The summed E-state index contributed by atoms with van der Waals surface area (Å²) in [6.07, 6.45) is 3.69. The van der Waals surface area contributed by atoms with Crippen LogP contribution in [0, 0.1) is 0 Å². The molecule has 1 N–H and O–H groups in total. The molecule has 3 aromatic rings. The smallest absolute Gasteiger partial charge is 0.262 e. The van der Waals surface area contributed by atoms with Crippen molar-refractivity contribution < 1.29 is 9.53 Å². The van der Waals surface area contributed by atoms with E-state index in [1.807, 2.05) is 36.4 Å². The van der Waals surface area contributed by atoms with Gasteiger partial charge in [-0.05, 0) is 55.7 Å². The summed E-state index contributed by atoms with van der Waals surface area (Å²) in [5.74, 6) is 0.993. The van der Waals surface area contributed by atoms with Crippen LogP contribution >= 0.6 is 23.2 Å². The molecule has 31 heavy (non-hydrogen) atoms. The molecule has 1 aliphatic rings. The van der Waals surface area contributed by atoms with Gasteiger partial charge in [0.15, 0.2) is 12.4 Å². The number of piperidine rings is 1. The van der Waals surface area contributed by atoms with Crippen LogP contribution < -0.4 is 15.0 Å². The summed E-state index contributed by atoms with van der Waals surface area (Å²) >= 11 is 12.0. The maximum atomic E-state index is 12.2. The first-order chi connectivity index (χ1) is 15.1. The number of aromatic nitrogens is 2. The Bertz CT molecular complexity index is 1040. The maximum absolute atomic E-state index is 12.2. The standard InChI is InChI=1S/C23H22Cl2N4O2/c24-18-5-4-6-20(23(18)25)31-15-22(30)26-17-9-7-16(8-10-17)19-11-12-21(28-27-19)29-13-2-1-3-14-29/h4-12H,1-3,13-15H2,(H,26,30). The molecule has 1 aliphatic heterocycles. The Morgan fingerprint density at radius 1 is 0.968 bits per heavy atom. The number of carbonyl (C=O) groups is 1. The van der Waals surface area contributed by atoms with Crippen LogP contribution in [0.25, 0.3) is 11.3 Å². The Labute approximate surface area is 191 Å². The van der Waals surface area contributed by atoms with Crippen LogP contribution in [-0.4, -0.2) is 35.8 Å². The summed E-state index contributed by atoms with van der Waals surface area (Å²) in [6, 6.07) is 16.5. The van der Waals surface area contributed by atoms with E-state index in [0.29, 0.717) is 16.5 Å². The van der Waals surface area contributed by atoms with Crippen molar-refractivity contribution >= 4 is 40.6 Å². The number of nitrogens with one attached hydrogen (secondary N) is 1. The van der Waals surface area contributed by atoms with E-state index in [9.17, 15) is 4.79 Å². The van der Waals surface area contributed by atoms with Gasteiger partial charge in [0.25, 0.3) is 5.91 Å². The first-order valence-electron chi connectivity index (χ1n) is 10.2. The molecule has 0 atom stereocenters. The zero-order chi connectivity index (χ0) is 21.6. The SMILES string of the molecule is O=C(COc1cccc(Cl)c1Cl)Nc1ccc(-c2ccc(N3CCCCC3)nn2)cc1. The third-order valence-corrected chi connectivity index (χ3v) is 5.87. The fourth-order valence-electron chi connectivity index (χ4n) is 3.43. The molecule has 1 saturated heterocycles. The fraction of sp³-hybridized carbons (Fsp3) is 0.261. The second-order valence-electron chi connectivity index (χ2n) is 7.29. The predicted molar refractivity (Wildman–Crippen MR) is 124 cm³/mol. The van der Waals surface area contributed by atoms with E-state index in [2.05, 4.69) is 20.4 Å².